The van der Waals surface area contributed by atoms with Gasteiger partial charge in [-0.05, 0) is 12.1 Å². The van der Waals surface area contributed by atoms with Crippen molar-refractivity contribution < 1.29 is 15.0 Å². The van der Waals surface area contributed by atoms with Gasteiger partial charge in [0.25, 0.3) is 0 Å². The van der Waals surface area contributed by atoms with Gasteiger partial charge in [0.15, 0.2) is 0 Å². The van der Waals surface area contributed by atoms with E-state index in [1.54, 1.807) is 24.3 Å². The van der Waals surface area contributed by atoms with Gasteiger partial charge in [0, 0.05) is 25.2 Å². The number of rotatable bonds is 3. The monoisotopic (exact) mass is 236 g/mol. The molecule has 0 aromatic heterocycles. The summed E-state index contributed by atoms with van der Waals surface area (Å²) in [7, 11) is 0. The lowest BCUT2D eigenvalue weighted by Gasteiger charge is -2.41. The second-order valence-corrected chi connectivity index (χ2v) is 4.39. The summed E-state index contributed by atoms with van der Waals surface area (Å²) >= 11 is 0. The van der Waals surface area contributed by atoms with Gasteiger partial charge in [0.05, 0.1) is 19.1 Å². The molecule has 0 spiro atoms. The van der Waals surface area contributed by atoms with Crippen LogP contribution in [0.4, 0.5) is 5.69 Å². The molecule has 1 aliphatic rings. The van der Waals surface area contributed by atoms with Gasteiger partial charge >= 0.3 is 0 Å². The lowest BCUT2D eigenvalue weighted by Crippen LogP contribution is -2.63. The molecule has 1 aliphatic heterocycles. The molecule has 0 saturated carbocycles. The van der Waals surface area contributed by atoms with Crippen molar-refractivity contribution in [2.45, 2.75) is 0 Å². The number of quaternary nitrogens is 1. The minimum absolute atomic E-state index is 0.0214. The van der Waals surface area contributed by atoms with E-state index in [9.17, 15) is 15.0 Å². The predicted molar refractivity (Wildman–Crippen MR) is 62.4 cm³/mol. The molecule has 5 heteroatoms. The largest absolute Gasteiger partial charge is 0.544 e. The molecule has 1 aromatic rings. The van der Waals surface area contributed by atoms with Gasteiger partial charge in [-0.1, -0.05) is 0 Å². The number of phenols is 1. The lowest BCUT2D eigenvalue weighted by atomic mass is 10.1. The molecule has 0 atom stereocenters. The van der Waals surface area contributed by atoms with Crippen LogP contribution < -0.4 is 14.9 Å². The van der Waals surface area contributed by atoms with E-state index < -0.39 is 5.97 Å². The van der Waals surface area contributed by atoms with E-state index in [0.29, 0.717) is 4.48 Å². The number of benzene rings is 1. The summed E-state index contributed by atoms with van der Waals surface area (Å²) in [5, 5.41) is 23.4. The van der Waals surface area contributed by atoms with Crippen molar-refractivity contribution in [3.8, 4) is 5.75 Å². The van der Waals surface area contributed by atoms with Crippen LogP contribution in [0.3, 0.4) is 0 Å². The van der Waals surface area contributed by atoms with Crippen LogP contribution in [0.1, 0.15) is 0 Å². The van der Waals surface area contributed by atoms with Crippen LogP contribution in [-0.4, -0.2) is 43.8 Å². The molecule has 1 heterocycles. The van der Waals surface area contributed by atoms with Gasteiger partial charge in [-0.25, -0.2) is 0 Å². The Morgan fingerprint density at radius 1 is 1.29 bits per heavy atom. The van der Waals surface area contributed by atoms with Gasteiger partial charge in [-0.2, -0.15) is 0 Å². The third-order valence-corrected chi connectivity index (χ3v) is 3.26. The Labute approximate surface area is 99.9 Å². The number of carboxylic acids is 1. The first-order chi connectivity index (χ1) is 8.12. The highest BCUT2D eigenvalue weighted by Gasteiger charge is 2.32. The highest BCUT2D eigenvalue weighted by Crippen LogP contribution is 2.25. The maximum Gasteiger partial charge on any atom is 0.133 e. The summed E-state index contributed by atoms with van der Waals surface area (Å²) in [6.45, 7) is 2.99. The van der Waals surface area contributed by atoms with Gasteiger partial charge < -0.3 is 20.3 Å². The molecule has 2 N–H and O–H groups in total. The first kappa shape index (κ1) is 11.9. The van der Waals surface area contributed by atoms with Crippen molar-refractivity contribution in [3.63, 3.8) is 0 Å². The molecular weight excluding hydrogens is 220 g/mol. The molecule has 2 rings (SSSR count). The Bertz CT molecular complexity index is 397. The van der Waals surface area contributed by atoms with Crippen molar-refractivity contribution in [3.05, 3.63) is 24.3 Å². The zero-order valence-corrected chi connectivity index (χ0v) is 9.56. The summed E-state index contributed by atoms with van der Waals surface area (Å²) in [6.07, 6.45) is 0. The zero-order chi connectivity index (χ0) is 12.3. The van der Waals surface area contributed by atoms with E-state index in [2.05, 4.69) is 5.32 Å². The smallest absolute Gasteiger partial charge is 0.133 e. The maximum absolute atomic E-state index is 10.9. The molecule has 92 valence electrons. The molecular formula is C12H16N2O3. The van der Waals surface area contributed by atoms with Crippen LogP contribution in [0.5, 0.6) is 5.75 Å². The van der Waals surface area contributed by atoms with Crippen LogP contribution >= 0.6 is 0 Å². The van der Waals surface area contributed by atoms with Gasteiger partial charge in [0.1, 0.15) is 18.0 Å². The number of hydrogen-bond acceptors (Lipinski definition) is 4. The predicted octanol–water partition coefficient (Wildman–Crippen LogP) is -0.947. The van der Waals surface area contributed by atoms with Crippen molar-refractivity contribution in [1.29, 1.82) is 0 Å². The number of carbonyl (C=O) groups excluding carboxylic acids is 1. The highest BCUT2D eigenvalue weighted by atomic mass is 16.4. The number of aromatic hydroxyl groups is 1. The summed E-state index contributed by atoms with van der Waals surface area (Å²) < 4.78 is 0.385. The number of phenolic OH excluding ortho intramolecular Hbond substituents is 1. The normalized spacial score (nSPS) is 18.8. The number of hydrogen-bond donors (Lipinski definition) is 2. The zero-order valence-electron chi connectivity index (χ0n) is 9.56. The van der Waals surface area contributed by atoms with Crippen LogP contribution in [0.25, 0.3) is 0 Å². The highest BCUT2D eigenvalue weighted by molar-refractivity contribution is 5.70. The van der Waals surface area contributed by atoms with Crippen molar-refractivity contribution >= 4 is 11.7 Å². The van der Waals surface area contributed by atoms with Crippen LogP contribution in [0, 0.1) is 0 Å². The van der Waals surface area contributed by atoms with E-state index in [1.165, 1.54) is 0 Å². The summed E-state index contributed by atoms with van der Waals surface area (Å²) in [5.41, 5.74) is 0.911. The fraction of sp³-hybridized carbons (Fsp3) is 0.417. The van der Waals surface area contributed by atoms with Gasteiger partial charge in [-0.15, -0.1) is 0 Å². The molecule has 0 unspecified atom stereocenters. The summed E-state index contributed by atoms with van der Waals surface area (Å²) in [4.78, 5) is 10.9. The minimum atomic E-state index is -1.04. The average Bonchev–Trinajstić information content (AvgIpc) is 2.30. The van der Waals surface area contributed by atoms with Crippen LogP contribution in [0.15, 0.2) is 24.3 Å². The van der Waals surface area contributed by atoms with Crippen molar-refractivity contribution in [1.82, 2.24) is 9.80 Å². The van der Waals surface area contributed by atoms with E-state index >= 15 is 0 Å². The van der Waals surface area contributed by atoms with Crippen molar-refractivity contribution in [2.24, 2.45) is 0 Å². The molecule has 1 fully saturated rings. The Kier molecular flexibility index (Phi) is 3.31. The Morgan fingerprint density at radius 2 is 1.88 bits per heavy atom. The fourth-order valence-corrected chi connectivity index (χ4v) is 2.35. The molecule has 0 amide bonds. The minimum Gasteiger partial charge on any atom is -0.544 e. The SMILES string of the molecule is O=C([O-])C[N+]1(c2ccc(O)cc2)CCNCC1. The molecule has 0 radical (unpaired) electrons. The number of carbonyl (C=O) groups is 1. The molecule has 1 saturated heterocycles. The summed E-state index contributed by atoms with van der Waals surface area (Å²) in [5.74, 6) is -0.851. The van der Waals surface area contributed by atoms with E-state index in [1.807, 2.05) is 0 Å². The number of nitrogens with zero attached hydrogens (tertiary/aromatic N) is 1. The molecule has 1 aromatic carbocycles. The van der Waals surface area contributed by atoms with Crippen molar-refractivity contribution in [2.75, 3.05) is 32.7 Å². The van der Waals surface area contributed by atoms with E-state index in [-0.39, 0.29) is 12.3 Å². The summed E-state index contributed by atoms with van der Waals surface area (Å²) in [6, 6.07) is 6.74. The van der Waals surface area contributed by atoms with Crippen LogP contribution in [-0.2, 0) is 4.79 Å². The molecule has 0 aliphatic carbocycles. The molecule has 0 bridgehead atoms. The number of nitrogens with one attached hydrogen (secondary N) is 1. The topological polar surface area (TPSA) is 72.4 Å². The average molecular weight is 236 g/mol. The van der Waals surface area contributed by atoms with Gasteiger partial charge in [-0.3, -0.25) is 4.48 Å². The Balaban J connectivity index is 2.31. The first-order valence-electron chi connectivity index (χ1n) is 5.69. The molecule has 17 heavy (non-hydrogen) atoms. The third kappa shape index (κ3) is 2.57. The lowest BCUT2D eigenvalue weighted by molar-refractivity contribution is -0.306. The Morgan fingerprint density at radius 3 is 2.41 bits per heavy atom. The maximum atomic E-state index is 10.9. The third-order valence-electron chi connectivity index (χ3n) is 3.26. The number of carboxylic acid groups (broad SMARTS) is 1. The standard InChI is InChI=1S/C12H16N2O3/c15-11-3-1-10(2-4-11)14(9-12(16)17)7-5-13-6-8-14/h1-4,13H,5-9H2,(H-,15,16,17). The van der Waals surface area contributed by atoms with E-state index in [4.69, 9.17) is 0 Å². The van der Waals surface area contributed by atoms with Gasteiger partial charge in [0.2, 0.25) is 0 Å². The number of aliphatic carboxylic acids is 1. The second-order valence-electron chi connectivity index (χ2n) is 4.39. The van der Waals surface area contributed by atoms with Crippen LogP contribution in [0.2, 0.25) is 0 Å². The fourth-order valence-electron chi connectivity index (χ4n) is 2.35. The Hall–Kier alpha value is -1.59. The second kappa shape index (κ2) is 4.73. The number of piperazine rings is 1. The molecule has 5 nitrogen and oxygen atoms in total. The van der Waals surface area contributed by atoms with E-state index in [0.717, 1.165) is 31.9 Å². The quantitative estimate of drug-likeness (QED) is 0.664. The first-order valence-corrected chi connectivity index (χ1v) is 5.69.